The zero-order chi connectivity index (χ0) is 25.5. The molecular formula is C30H35FN4Na2. The molecule has 0 amide bonds. The number of nitrogens with one attached hydrogen (secondary N) is 1. The topological polar surface area (TPSA) is 40.0 Å². The van der Waals surface area contributed by atoms with Gasteiger partial charge in [0.1, 0.15) is 6.17 Å². The third-order valence-electron chi connectivity index (χ3n) is 5.86. The number of terminal acetylenes is 1. The van der Waals surface area contributed by atoms with Gasteiger partial charge in [0.25, 0.3) is 0 Å². The van der Waals surface area contributed by atoms with Gasteiger partial charge >= 0.3 is 59.1 Å². The van der Waals surface area contributed by atoms with E-state index in [1.54, 1.807) is 0 Å². The van der Waals surface area contributed by atoms with E-state index in [0.717, 1.165) is 30.7 Å². The Morgan fingerprint density at radius 1 is 1.16 bits per heavy atom. The molecule has 2 atom stereocenters. The fourth-order valence-electron chi connectivity index (χ4n) is 4.00. The summed E-state index contributed by atoms with van der Waals surface area (Å²) in [6.07, 6.45) is 15.7. The Bertz CT molecular complexity index is 1000. The van der Waals surface area contributed by atoms with Gasteiger partial charge in [-0.25, -0.2) is 4.39 Å². The summed E-state index contributed by atoms with van der Waals surface area (Å²) < 4.78 is 12.9. The fraction of sp³-hybridized carbons (Fsp3) is 0.333. The Balaban J connectivity index is 0.000000632. The van der Waals surface area contributed by atoms with Crippen LogP contribution in [0.1, 0.15) is 42.0 Å². The summed E-state index contributed by atoms with van der Waals surface area (Å²) in [5, 5.41) is 3.35. The number of alkyl halides is 1. The normalized spacial score (nSPS) is 15.9. The number of hydrogen-bond acceptors (Lipinski definition) is 4. The number of benzene rings is 2. The molecular weight excluding hydrogens is 481 g/mol. The number of hydrogen-bond donors (Lipinski definition) is 1. The number of aliphatic imine (C=N–C) groups is 2. The molecule has 7 heteroatoms. The number of halogens is 1. The largest absolute Gasteiger partial charge is 1.00 e. The first-order valence-electron chi connectivity index (χ1n) is 11.8. The minimum Gasteiger partial charge on any atom is -0.530 e. The average Bonchev–Trinajstić information content (AvgIpc) is 3.59. The standard InChI is InChI=1S/C16H18N2.C12H15FN2.C2H2.2Na/c1-17-12-13-8-10-15(11-9-13)16(18-2)14-6-4-3-5-7-14;1-10(15-7-5-12(13)9-15)2-3-11-4-6-14-8-11;1-2;;/h3-11,16,18H,1,12H2,2H3;12H,1-3,5-7,9H2;1-2H;;/q;-2;;2*+1. The van der Waals surface area contributed by atoms with E-state index in [-0.39, 0.29) is 65.2 Å². The van der Waals surface area contributed by atoms with E-state index >= 15 is 0 Å². The van der Waals surface area contributed by atoms with Crippen LogP contribution in [0.5, 0.6) is 0 Å². The molecule has 0 aliphatic carbocycles. The summed E-state index contributed by atoms with van der Waals surface area (Å²) in [6, 6.07) is 19.2. The smallest absolute Gasteiger partial charge is 0.530 e. The molecule has 2 aromatic carbocycles. The van der Waals surface area contributed by atoms with Crippen molar-refractivity contribution in [2.45, 2.75) is 38.0 Å². The third kappa shape index (κ3) is 12.3. The van der Waals surface area contributed by atoms with Crippen LogP contribution >= 0.6 is 0 Å². The predicted molar refractivity (Wildman–Crippen MR) is 145 cm³/mol. The van der Waals surface area contributed by atoms with Gasteiger partial charge in [0, 0.05) is 18.8 Å². The van der Waals surface area contributed by atoms with Gasteiger partial charge in [0.15, 0.2) is 0 Å². The van der Waals surface area contributed by atoms with Gasteiger partial charge < -0.3 is 33.1 Å². The van der Waals surface area contributed by atoms with E-state index in [4.69, 9.17) is 0 Å². The quantitative estimate of drug-likeness (QED) is 0.211. The number of nitrogens with zero attached hydrogens (tertiary/aromatic N) is 3. The maximum atomic E-state index is 12.9. The van der Waals surface area contributed by atoms with Crippen molar-refractivity contribution in [3.05, 3.63) is 95.2 Å². The molecule has 2 aromatic rings. The molecule has 0 saturated carbocycles. The van der Waals surface area contributed by atoms with E-state index in [0.29, 0.717) is 26.1 Å². The maximum absolute atomic E-state index is 12.9. The van der Waals surface area contributed by atoms with Crippen molar-refractivity contribution in [3.8, 4) is 12.8 Å². The molecule has 37 heavy (non-hydrogen) atoms. The summed E-state index contributed by atoms with van der Waals surface area (Å²) in [4.78, 5) is 9.88. The summed E-state index contributed by atoms with van der Waals surface area (Å²) in [5.41, 5.74) is 5.79. The molecule has 1 fully saturated rings. The van der Waals surface area contributed by atoms with Crippen molar-refractivity contribution < 1.29 is 63.5 Å². The number of rotatable bonds is 9. The molecule has 4 nitrogen and oxygen atoms in total. The molecule has 2 aliphatic heterocycles. The van der Waals surface area contributed by atoms with Crippen LogP contribution in [0.4, 0.5) is 4.39 Å². The van der Waals surface area contributed by atoms with Gasteiger partial charge in [0.05, 0.1) is 12.6 Å². The molecule has 1 N–H and O–H groups in total. The molecule has 0 bridgehead atoms. The maximum Gasteiger partial charge on any atom is 1.00 e. The second-order valence-corrected chi connectivity index (χ2v) is 8.24. The molecule has 0 aromatic heterocycles. The van der Waals surface area contributed by atoms with Crippen LogP contribution in [0, 0.1) is 18.9 Å². The number of allylic oxidation sites excluding steroid dienone is 2. The van der Waals surface area contributed by atoms with Gasteiger partial charge in [-0.1, -0.05) is 67.6 Å². The van der Waals surface area contributed by atoms with Crippen molar-refractivity contribution in [1.82, 2.24) is 10.2 Å². The second kappa shape index (κ2) is 20.5. The van der Waals surface area contributed by atoms with E-state index in [2.05, 4.69) is 102 Å². The zero-order valence-electron chi connectivity index (χ0n) is 22.6. The van der Waals surface area contributed by atoms with Gasteiger partial charge in [-0.2, -0.15) is 0 Å². The average molecular weight is 517 g/mol. The van der Waals surface area contributed by atoms with Crippen molar-refractivity contribution in [2.24, 2.45) is 9.98 Å². The van der Waals surface area contributed by atoms with Gasteiger partial charge in [0.2, 0.25) is 0 Å². The molecule has 0 spiro atoms. The van der Waals surface area contributed by atoms with Crippen LogP contribution in [-0.2, 0) is 6.54 Å². The summed E-state index contributed by atoms with van der Waals surface area (Å²) in [6.45, 7) is 10.1. The van der Waals surface area contributed by atoms with E-state index in [1.807, 2.05) is 18.0 Å². The summed E-state index contributed by atoms with van der Waals surface area (Å²) in [7, 11) is 1.98. The van der Waals surface area contributed by atoms with E-state index in [1.165, 1.54) is 16.7 Å². The Morgan fingerprint density at radius 2 is 1.81 bits per heavy atom. The molecule has 2 unspecified atom stereocenters. The minimum atomic E-state index is -0.674. The van der Waals surface area contributed by atoms with Crippen molar-refractivity contribution >= 4 is 12.9 Å². The number of likely N-dealkylation sites (tertiary alicyclic amines) is 1. The van der Waals surface area contributed by atoms with Crippen molar-refractivity contribution in [2.75, 3.05) is 26.7 Å². The van der Waals surface area contributed by atoms with Crippen LogP contribution in [0.25, 0.3) is 0 Å². The first kappa shape index (κ1) is 35.5. The first-order valence-corrected chi connectivity index (χ1v) is 11.8. The Kier molecular flexibility index (Phi) is 19.6. The molecule has 4 rings (SSSR count). The van der Waals surface area contributed by atoms with Gasteiger partial charge in [-0.3, -0.25) is 4.99 Å². The Morgan fingerprint density at radius 3 is 2.32 bits per heavy atom. The molecule has 2 heterocycles. The minimum absolute atomic E-state index is 0. The predicted octanol–water partition coefficient (Wildman–Crippen LogP) is -0.532. The van der Waals surface area contributed by atoms with Crippen molar-refractivity contribution in [3.63, 3.8) is 0 Å². The third-order valence-corrected chi connectivity index (χ3v) is 5.86. The Labute approximate surface area is 267 Å². The van der Waals surface area contributed by atoms with E-state index in [9.17, 15) is 4.39 Å². The van der Waals surface area contributed by atoms with Crippen LogP contribution in [0.15, 0.2) is 82.4 Å². The SMILES string of the molecule is C#C.C=C(CCC1=[C-]CN=[C-]1)N1CCC(F)C1.C=NCc1ccc(C(NC)c2ccccc2)cc1.[Na+].[Na+]. The van der Waals surface area contributed by atoms with E-state index < -0.39 is 6.17 Å². The van der Waals surface area contributed by atoms with Gasteiger partial charge in [-0.05, 0) is 43.3 Å². The molecule has 184 valence electrons. The molecule has 2 aliphatic rings. The van der Waals surface area contributed by atoms with Crippen molar-refractivity contribution in [1.29, 1.82) is 0 Å². The first-order chi connectivity index (χ1) is 17.1. The summed E-state index contributed by atoms with van der Waals surface area (Å²) >= 11 is 0. The zero-order valence-corrected chi connectivity index (χ0v) is 26.6. The van der Waals surface area contributed by atoms with Crippen LogP contribution in [0.2, 0.25) is 0 Å². The van der Waals surface area contributed by atoms with Crippen LogP contribution in [-0.4, -0.2) is 50.7 Å². The second-order valence-electron chi connectivity index (χ2n) is 8.24. The van der Waals surface area contributed by atoms with Crippen LogP contribution < -0.4 is 64.4 Å². The molecule has 1 saturated heterocycles. The fourth-order valence-corrected chi connectivity index (χ4v) is 4.00. The monoisotopic (exact) mass is 516 g/mol. The molecule has 0 radical (unpaired) electrons. The summed E-state index contributed by atoms with van der Waals surface area (Å²) in [5.74, 6) is 0. The Hall–Kier alpha value is -1.49. The van der Waals surface area contributed by atoms with Crippen LogP contribution in [0.3, 0.4) is 0 Å². The van der Waals surface area contributed by atoms with Gasteiger partial charge in [-0.15, -0.1) is 19.4 Å².